The minimum absolute atomic E-state index is 0.552. The highest BCUT2D eigenvalue weighted by molar-refractivity contribution is 6.65. The zero-order valence-electron chi connectivity index (χ0n) is 14.3. The number of halogens is 5. The third-order valence-corrected chi connectivity index (χ3v) is 4.71. The molecule has 1 heterocycles. The lowest BCUT2D eigenvalue weighted by atomic mass is 9.73. The van der Waals surface area contributed by atoms with Crippen molar-refractivity contribution >= 4 is 12.5 Å². The van der Waals surface area contributed by atoms with Crippen molar-refractivity contribution in [3.05, 3.63) is 101 Å². The minimum atomic E-state index is -2.20. The molecule has 2 nitrogen and oxygen atoms in total. The number of hydrogen-bond acceptors (Lipinski definition) is 2. The Morgan fingerprint density at radius 3 is 1.64 bits per heavy atom. The van der Waals surface area contributed by atoms with Crippen LogP contribution >= 0.6 is 0 Å². The van der Waals surface area contributed by atoms with Crippen molar-refractivity contribution in [2.45, 2.75) is 12.1 Å². The topological polar surface area (TPSA) is 21.3 Å². The standard InChI is InChI=1S/C20H13BF5NO/c22-14-13(15(23)17(25)18(26)16(14)24)21-27-19(11-7-3-1-4-8-11)20(28-21)12-9-5-2-6-10-12/h1-10,19-20,27H/t19-,20+/m0/s1. The summed E-state index contributed by atoms with van der Waals surface area (Å²) in [6, 6.07) is 17.3. The predicted octanol–water partition coefficient (Wildman–Crippen LogP) is 4.18. The Balaban J connectivity index is 1.80. The van der Waals surface area contributed by atoms with E-state index in [2.05, 4.69) is 5.23 Å². The van der Waals surface area contributed by atoms with Crippen LogP contribution in [0.1, 0.15) is 23.3 Å². The highest BCUT2D eigenvalue weighted by atomic mass is 19.2. The Labute approximate surface area is 158 Å². The van der Waals surface area contributed by atoms with Crippen molar-refractivity contribution in [1.82, 2.24) is 5.23 Å². The second-order valence-corrected chi connectivity index (χ2v) is 6.39. The van der Waals surface area contributed by atoms with Gasteiger partial charge in [-0.2, -0.15) is 0 Å². The van der Waals surface area contributed by atoms with Gasteiger partial charge in [0.15, 0.2) is 29.1 Å². The van der Waals surface area contributed by atoms with E-state index in [0.29, 0.717) is 5.56 Å². The minimum Gasteiger partial charge on any atom is -0.409 e. The van der Waals surface area contributed by atoms with Crippen LogP contribution in [-0.2, 0) is 4.65 Å². The average molecular weight is 389 g/mol. The molecule has 2 atom stereocenters. The summed E-state index contributed by atoms with van der Waals surface area (Å²) in [4.78, 5) is 0. The average Bonchev–Trinajstić information content (AvgIpc) is 3.17. The molecule has 0 amide bonds. The van der Waals surface area contributed by atoms with E-state index in [4.69, 9.17) is 4.65 Å². The van der Waals surface area contributed by atoms with Gasteiger partial charge >= 0.3 is 7.05 Å². The monoisotopic (exact) mass is 389 g/mol. The number of nitrogens with one attached hydrogen (secondary N) is 1. The van der Waals surface area contributed by atoms with Crippen molar-refractivity contribution in [1.29, 1.82) is 0 Å². The van der Waals surface area contributed by atoms with Crippen LogP contribution in [0.3, 0.4) is 0 Å². The van der Waals surface area contributed by atoms with Crippen LogP contribution in [0, 0.1) is 29.1 Å². The Morgan fingerprint density at radius 1 is 0.643 bits per heavy atom. The van der Waals surface area contributed by atoms with Gasteiger partial charge in [0.25, 0.3) is 0 Å². The molecule has 0 bridgehead atoms. The zero-order chi connectivity index (χ0) is 19.8. The van der Waals surface area contributed by atoms with Crippen molar-refractivity contribution in [3.8, 4) is 0 Å². The maximum atomic E-state index is 14.3. The quantitative estimate of drug-likeness (QED) is 0.314. The van der Waals surface area contributed by atoms with E-state index in [0.717, 1.165) is 5.56 Å². The fourth-order valence-corrected chi connectivity index (χ4v) is 3.36. The van der Waals surface area contributed by atoms with Gasteiger partial charge in [0.05, 0.1) is 12.1 Å². The van der Waals surface area contributed by atoms with Gasteiger partial charge in [0.1, 0.15) is 0 Å². The second-order valence-electron chi connectivity index (χ2n) is 6.39. The second kappa shape index (κ2) is 7.37. The molecule has 1 aliphatic rings. The first kappa shape index (κ1) is 18.6. The van der Waals surface area contributed by atoms with Crippen molar-refractivity contribution in [2.24, 2.45) is 0 Å². The molecule has 0 aliphatic carbocycles. The van der Waals surface area contributed by atoms with E-state index in [9.17, 15) is 22.0 Å². The molecule has 8 heteroatoms. The lowest BCUT2D eigenvalue weighted by Crippen LogP contribution is -2.47. The van der Waals surface area contributed by atoms with Gasteiger partial charge in [-0.15, -0.1) is 0 Å². The first-order valence-corrected chi connectivity index (χ1v) is 8.51. The van der Waals surface area contributed by atoms with Gasteiger partial charge in [0, 0.05) is 5.46 Å². The van der Waals surface area contributed by atoms with E-state index >= 15 is 0 Å². The van der Waals surface area contributed by atoms with E-state index in [1.807, 2.05) is 0 Å². The molecule has 142 valence electrons. The van der Waals surface area contributed by atoms with Crippen molar-refractivity contribution in [3.63, 3.8) is 0 Å². The molecule has 1 saturated heterocycles. The summed E-state index contributed by atoms with van der Waals surface area (Å²) in [7, 11) is -1.51. The van der Waals surface area contributed by atoms with Crippen LogP contribution < -0.4 is 10.7 Å². The lowest BCUT2D eigenvalue weighted by Gasteiger charge is -2.20. The highest BCUT2D eigenvalue weighted by Crippen LogP contribution is 2.37. The summed E-state index contributed by atoms with van der Waals surface area (Å²) in [5, 5.41) is 2.87. The highest BCUT2D eigenvalue weighted by Gasteiger charge is 2.44. The smallest absolute Gasteiger partial charge is 0.409 e. The van der Waals surface area contributed by atoms with Gasteiger partial charge in [-0.1, -0.05) is 60.7 Å². The van der Waals surface area contributed by atoms with Crippen LogP contribution in [0.4, 0.5) is 22.0 Å². The fourth-order valence-electron chi connectivity index (χ4n) is 3.36. The molecule has 1 fully saturated rings. The molecule has 0 radical (unpaired) electrons. The Bertz CT molecular complexity index is 926. The molecule has 0 spiro atoms. The number of rotatable bonds is 3. The van der Waals surface area contributed by atoms with Crippen LogP contribution in [-0.4, -0.2) is 7.05 Å². The predicted molar refractivity (Wildman–Crippen MR) is 94.2 cm³/mol. The fraction of sp³-hybridized carbons (Fsp3) is 0.100. The molecular formula is C20H13BF5NO. The molecular weight excluding hydrogens is 376 g/mol. The normalized spacial score (nSPS) is 19.2. The van der Waals surface area contributed by atoms with Crippen LogP contribution in [0.15, 0.2) is 60.7 Å². The third-order valence-electron chi connectivity index (χ3n) is 4.71. The van der Waals surface area contributed by atoms with E-state index in [1.54, 1.807) is 60.7 Å². The summed E-state index contributed by atoms with van der Waals surface area (Å²) in [5.74, 6) is -10.0. The Hall–Kier alpha value is -2.71. The summed E-state index contributed by atoms with van der Waals surface area (Å²) >= 11 is 0. The first-order valence-electron chi connectivity index (χ1n) is 8.51. The first-order chi connectivity index (χ1) is 13.5. The van der Waals surface area contributed by atoms with Gasteiger partial charge < -0.3 is 9.88 Å². The molecule has 0 unspecified atom stereocenters. The SMILES string of the molecule is Fc1c(F)c(F)c(B2N[C@@H](c3ccccc3)[C@@H](c3ccccc3)O2)c(F)c1F. The molecule has 28 heavy (non-hydrogen) atoms. The molecule has 0 saturated carbocycles. The van der Waals surface area contributed by atoms with E-state index in [-0.39, 0.29) is 0 Å². The Kier molecular flexibility index (Phi) is 4.91. The van der Waals surface area contributed by atoms with E-state index < -0.39 is 53.7 Å². The summed E-state index contributed by atoms with van der Waals surface area (Å²) in [6.07, 6.45) is -0.691. The van der Waals surface area contributed by atoms with Crippen LogP contribution in [0.2, 0.25) is 0 Å². The summed E-state index contributed by atoms with van der Waals surface area (Å²) in [5.41, 5.74) is 0.425. The summed E-state index contributed by atoms with van der Waals surface area (Å²) in [6.45, 7) is 0. The molecule has 3 aromatic carbocycles. The molecule has 1 aliphatic heterocycles. The number of benzene rings is 3. The van der Waals surface area contributed by atoms with Crippen molar-refractivity contribution in [2.75, 3.05) is 0 Å². The lowest BCUT2D eigenvalue weighted by molar-refractivity contribution is 0.217. The number of hydrogen-bond donors (Lipinski definition) is 1. The van der Waals surface area contributed by atoms with Gasteiger partial charge in [0.2, 0.25) is 0 Å². The van der Waals surface area contributed by atoms with E-state index in [1.165, 1.54) is 0 Å². The van der Waals surface area contributed by atoms with Crippen molar-refractivity contribution < 1.29 is 26.6 Å². The third kappa shape index (κ3) is 3.08. The molecule has 3 aromatic rings. The molecule has 4 rings (SSSR count). The maximum Gasteiger partial charge on any atom is 0.423 e. The van der Waals surface area contributed by atoms with Gasteiger partial charge in [-0.25, -0.2) is 22.0 Å². The molecule has 0 aromatic heterocycles. The Morgan fingerprint density at radius 2 is 1.11 bits per heavy atom. The van der Waals surface area contributed by atoms with Crippen LogP contribution in [0.25, 0.3) is 0 Å². The van der Waals surface area contributed by atoms with Gasteiger partial charge in [-0.05, 0) is 11.1 Å². The summed E-state index contributed by atoms with van der Waals surface area (Å²) < 4.78 is 75.0. The largest absolute Gasteiger partial charge is 0.423 e. The van der Waals surface area contributed by atoms with Crippen LogP contribution in [0.5, 0.6) is 0 Å². The maximum absolute atomic E-state index is 14.3. The molecule has 1 N–H and O–H groups in total. The van der Waals surface area contributed by atoms with Gasteiger partial charge in [-0.3, -0.25) is 0 Å². The zero-order valence-corrected chi connectivity index (χ0v) is 14.3.